The lowest BCUT2D eigenvalue weighted by Crippen LogP contribution is -2.43. The summed E-state index contributed by atoms with van der Waals surface area (Å²) < 4.78 is 28.0. The molecule has 0 aromatic heterocycles. The first-order valence-electron chi connectivity index (χ1n) is 7.91. The fourth-order valence-corrected chi connectivity index (χ4v) is 2.78. The molecule has 0 aliphatic carbocycles. The van der Waals surface area contributed by atoms with Gasteiger partial charge in [0.15, 0.2) is 5.96 Å². The molecule has 0 heterocycles. The number of aliphatic imine (C=N–C) groups is 1. The van der Waals surface area contributed by atoms with Crippen molar-refractivity contribution in [2.75, 3.05) is 31.7 Å². The van der Waals surface area contributed by atoms with E-state index in [1.54, 1.807) is 12.1 Å². The Hall–Kier alpha value is -0.740. The summed E-state index contributed by atoms with van der Waals surface area (Å²) in [4.78, 5) is 4.42. The van der Waals surface area contributed by atoms with Crippen LogP contribution in [-0.2, 0) is 9.84 Å². The summed E-state index contributed by atoms with van der Waals surface area (Å²) in [5.74, 6) is 1.55. The molecule has 144 valence electrons. The van der Waals surface area contributed by atoms with Crippen LogP contribution in [0, 0.1) is 0 Å². The standard InChI is InChI=1S/C16H26ClN3O3S.HI/c1-4-18-16(20-13(2)9-12-24(3,21)22)19-10-11-23-15-7-5-14(17)6-8-15;/h5-8,13H,4,9-12H2,1-3H3,(H2,18,19,20);1H. The van der Waals surface area contributed by atoms with Crippen molar-refractivity contribution >= 4 is 51.4 Å². The largest absolute Gasteiger partial charge is 0.492 e. The average molecular weight is 504 g/mol. The van der Waals surface area contributed by atoms with Gasteiger partial charge in [-0.1, -0.05) is 11.6 Å². The van der Waals surface area contributed by atoms with Crippen LogP contribution in [0.25, 0.3) is 0 Å². The van der Waals surface area contributed by atoms with E-state index in [9.17, 15) is 8.42 Å². The number of ether oxygens (including phenoxy) is 1. The van der Waals surface area contributed by atoms with Crippen LogP contribution in [0.2, 0.25) is 5.02 Å². The van der Waals surface area contributed by atoms with E-state index in [-0.39, 0.29) is 35.8 Å². The van der Waals surface area contributed by atoms with Crippen LogP contribution >= 0.6 is 35.6 Å². The lowest BCUT2D eigenvalue weighted by molar-refractivity contribution is 0.328. The quantitative estimate of drug-likeness (QED) is 0.234. The van der Waals surface area contributed by atoms with E-state index >= 15 is 0 Å². The zero-order valence-corrected chi connectivity index (χ0v) is 18.7. The molecular weight excluding hydrogens is 477 g/mol. The third-order valence-electron chi connectivity index (χ3n) is 3.09. The molecule has 1 aromatic rings. The van der Waals surface area contributed by atoms with Gasteiger partial charge in [-0.05, 0) is 44.5 Å². The second-order valence-corrected chi connectivity index (χ2v) is 8.22. The Labute approximate surface area is 172 Å². The Balaban J connectivity index is 0.00000576. The van der Waals surface area contributed by atoms with Crippen molar-refractivity contribution in [3.63, 3.8) is 0 Å². The maximum atomic E-state index is 11.2. The van der Waals surface area contributed by atoms with Crippen LogP contribution in [0.5, 0.6) is 5.75 Å². The van der Waals surface area contributed by atoms with Crippen LogP contribution in [0.3, 0.4) is 0 Å². The predicted octanol–water partition coefficient (Wildman–Crippen LogP) is 2.72. The minimum Gasteiger partial charge on any atom is -0.492 e. The van der Waals surface area contributed by atoms with Crippen LogP contribution in [0.15, 0.2) is 29.3 Å². The van der Waals surface area contributed by atoms with E-state index in [1.807, 2.05) is 26.0 Å². The van der Waals surface area contributed by atoms with E-state index < -0.39 is 9.84 Å². The molecule has 25 heavy (non-hydrogen) atoms. The Morgan fingerprint density at radius 1 is 1.32 bits per heavy atom. The van der Waals surface area contributed by atoms with Crippen molar-refractivity contribution < 1.29 is 13.2 Å². The zero-order chi connectivity index (χ0) is 18.0. The van der Waals surface area contributed by atoms with E-state index in [0.29, 0.717) is 30.6 Å². The lowest BCUT2D eigenvalue weighted by atomic mass is 10.3. The van der Waals surface area contributed by atoms with Crippen molar-refractivity contribution in [3.8, 4) is 5.75 Å². The molecule has 0 aliphatic rings. The molecule has 0 saturated heterocycles. The molecule has 0 saturated carbocycles. The van der Waals surface area contributed by atoms with Gasteiger partial charge in [-0.15, -0.1) is 24.0 Å². The summed E-state index contributed by atoms with van der Waals surface area (Å²) in [5.41, 5.74) is 0. The van der Waals surface area contributed by atoms with Gasteiger partial charge in [0, 0.05) is 23.9 Å². The first-order valence-corrected chi connectivity index (χ1v) is 10.3. The summed E-state index contributed by atoms with van der Waals surface area (Å²) in [6.07, 6.45) is 1.78. The van der Waals surface area contributed by atoms with Gasteiger partial charge in [0.25, 0.3) is 0 Å². The van der Waals surface area contributed by atoms with Crippen molar-refractivity contribution in [2.24, 2.45) is 4.99 Å². The van der Waals surface area contributed by atoms with Gasteiger partial charge in [-0.3, -0.25) is 0 Å². The highest BCUT2D eigenvalue weighted by Crippen LogP contribution is 2.15. The van der Waals surface area contributed by atoms with Crippen LogP contribution in [0.1, 0.15) is 20.3 Å². The minimum atomic E-state index is -2.95. The van der Waals surface area contributed by atoms with E-state index in [4.69, 9.17) is 16.3 Å². The van der Waals surface area contributed by atoms with Gasteiger partial charge in [0.05, 0.1) is 12.3 Å². The molecule has 2 N–H and O–H groups in total. The van der Waals surface area contributed by atoms with E-state index in [1.165, 1.54) is 6.26 Å². The fourth-order valence-electron chi connectivity index (χ4n) is 1.87. The number of guanidine groups is 1. The summed E-state index contributed by atoms with van der Waals surface area (Å²) in [6.45, 7) is 5.56. The summed E-state index contributed by atoms with van der Waals surface area (Å²) >= 11 is 5.82. The number of hydrogen-bond acceptors (Lipinski definition) is 4. The molecule has 1 aromatic carbocycles. The van der Waals surface area contributed by atoms with E-state index in [0.717, 1.165) is 12.3 Å². The number of halogens is 2. The molecule has 0 aliphatic heterocycles. The maximum absolute atomic E-state index is 11.2. The number of hydrogen-bond donors (Lipinski definition) is 2. The van der Waals surface area contributed by atoms with Crippen molar-refractivity contribution in [3.05, 3.63) is 29.3 Å². The van der Waals surface area contributed by atoms with Crippen LogP contribution < -0.4 is 15.4 Å². The van der Waals surface area contributed by atoms with Crippen molar-refractivity contribution in [1.29, 1.82) is 0 Å². The molecule has 0 fully saturated rings. The van der Waals surface area contributed by atoms with E-state index in [2.05, 4.69) is 15.6 Å². The second-order valence-electron chi connectivity index (χ2n) is 5.53. The summed E-state index contributed by atoms with van der Waals surface area (Å²) in [7, 11) is -2.95. The summed E-state index contributed by atoms with van der Waals surface area (Å²) in [6, 6.07) is 7.17. The summed E-state index contributed by atoms with van der Waals surface area (Å²) in [5, 5.41) is 7.00. The molecule has 9 heteroatoms. The molecule has 0 bridgehead atoms. The minimum absolute atomic E-state index is 0. The molecular formula is C16H27ClIN3O3S. The Morgan fingerprint density at radius 3 is 2.52 bits per heavy atom. The molecule has 0 spiro atoms. The first-order chi connectivity index (χ1) is 11.3. The van der Waals surface area contributed by atoms with Gasteiger partial charge >= 0.3 is 0 Å². The highest BCUT2D eigenvalue weighted by atomic mass is 127. The second kappa shape index (κ2) is 12.6. The zero-order valence-electron chi connectivity index (χ0n) is 14.8. The number of rotatable bonds is 9. The molecule has 6 nitrogen and oxygen atoms in total. The highest BCUT2D eigenvalue weighted by molar-refractivity contribution is 14.0. The van der Waals surface area contributed by atoms with Gasteiger partial charge in [0.1, 0.15) is 22.2 Å². The number of nitrogens with one attached hydrogen (secondary N) is 2. The molecule has 1 atom stereocenters. The lowest BCUT2D eigenvalue weighted by Gasteiger charge is -2.17. The Bertz CT molecular complexity index is 624. The molecule has 0 amide bonds. The van der Waals surface area contributed by atoms with Crippen molar-refractivity contribution in [1.82, 2.24) is 10.6 Å². The smallest absolute Gasteiger partial charge is 0.191 e. The predicted molar refractivity (Wildman–Crippen MR) is 115 cm³/mol. The van der Waals surface area contributed by atoms with Gasteiger partial charge in [0.2, 0.25) is 0 Å². The normalized spacial score (nSPS) is 12.9. The average Bonchev–Trinajstić information content (AvgIpc) is 2.51. The number of sulfone groups is 1. The highest BCUT2D eigenvalue weighted by Gasteiger charge is 2.09. The third kappa shape index (κ3) is 12.3. The molecule has 0 radical (unpaired) electrons. The third-order valence-corrected chi connectivity index (χ3v) is 4.32. The number of benzene rings is 1. The SMILES string of the molecule is CCNC(=NCCOc1ccc(Cl)cc1)NC(C)CCS(C)(=O)=O.I. The van der Waals surface area contributed by atoms with Crippen LogP contribution in [0.4, 0.5) is 0 Å². The van der Waals surface area contributed by atoms with Crippen LogP contribution in [-0.4, -0.2) is 52.1 Å². The molecule has 1 unspecified atom stereocenters. The molecule has 1 rings (SSSR count). The topological polar surface area (TPSA) is 79.8 Å². The Kier molecular flexibility index (Phi) is 12.2. The Morgan fingerprint density at radius 2 is 1.96 bits per heavy atom. The van der Waals surface area contributed by atoms with Gasteiger partial charge in [-0.2, -0.15) is 0 Å². The van der Waals surface area contributed by atoms with Crippen molar-refractivity contribution in [2.45, 2.75) is 26.3 Å². The fraction of sp³-hybridized carbons (Fsp3) is 0.562. The van der Waals surface area contributed by atoms with Gasteiger partial charge in [-0.25, -0.2) is 13.4 Å². The van der Waals surface area contributed by atoms with Gasteiger partial charge < -0.3 is 15.4 Å². The maximum Gasteiger partial charge on any atom is 0.191 e. The number of nitrogens with zero attached hydrogens (tertiary/aromatic N) is 1. The monoisotopic (exact) mass is 503 g/mol. The first kappa shape index (κ1) is 24.3.